The predicted octanol–water partition coefficient (Wildman–Crippen LogP) is 2.68. The molecule has 0 aliphatic heterocycles. The van der Waals surface area contributed by atoms with Crippen molar-refractivity contribution in [2.45, 2.75) is 0 Å². The van der Waals surface area contributed by atoms with Crippen molar-refractivity contribution in [2.75, 3.05) is 0 Å². The van der Waals surface area contributed by atoms with Crippen LogP contribution >= 0.6 is 0 Å². The SMILES string of the molecule is C=CB(O)c1cccc(F)c1.Oc1cccc2cccnc12. The van der Waals surface area contributed by atoms with Gasteiger partial charge >= 0.3 is 6.92 Å². The van der Waals surface area contributed by atoms with E-state index in [9.17, 15) is 9.50 Å². The van der Waals surface area contributed by atoms with Crippen LogP contribution in [0.5, 0.6) is 5.75 Å². The summed E-state index contributed by atoms with van der Waals surface area (Å²) in [5.41, 5.74) is 1.19. The number of phenolic OH excluding ortho intramolecular Hbond substituents is 1. The van der Waals surface area contributed by atoms with Crippen LogP contribution in [-0.2, 0) is 0 Å². The van der Waals surface area contributed by atoms with Crippen molar-refractivity contribution in [3.63, 3.8) is 0 Å². The van der Waals surface area contributed by atoms with Gasteiger partial charge in [0.2, 0.25) is 0 Å². The van der Waals surface area contributed by atoms with Crippen LogP contribution in [0.1, 0.15) is 0 Å². The standard InChI is InChI=1S/C9H7NO.C8H8BFO/c11-8-5-1-3-7-4-2-6-10-9(7)8;1-2-9(11)7-4-3-5-8(10)6-7/h1-6,11H;2-6,11H,1H2. The molecule has 0 aliphatic rings. The van der Waals surface area contributed by atoms with Crippen molar-refractivity contribution in [1.82, 2.24) is 4.98 Å². The van der Waals surface area contributed by atoms with Gasteiger partial charge in [-0.2, -0.15) is 0 Å². The zero-order chi connectivity index (χ0) is 15.9. The fraction of sp³-hybridized carbons (Fsp3) is 0. The molecule has 3 aromatic rings. The second-order valence-electron chi connectivity index (χ2n) is 4.59. The van der Waals surface area contributed by atoms with Crippen LogP contribution in [0, 0.1) is 5.82 Å². The molecule has 0 amide bonds. The third kappa shape index (κ3) is 3.93. The second-order valence-corrected chi connectivity index (χ2v) is 4.59. The summed E-state index contributed by atoms with van der Waals surface area (Å²) in [5.74, 6) is 1.25. The summed E-state index contributed by atoms with van der Waals surface area (Å²) in [6.07, 6.45) is 1.67. The number of aromatic hydroxyl groups is 1. The van der Waals surface area contributed by atoms with Crippen molar-refractivity contribution < 1.29 is 14.5 Å². The van der Waals surface area contributed by atoms with E-state index in [4.69, 9.17) is 5.02 Å². The summed E-state index contributed by atoms with van der Waals surface area (Å²) in [6.45, 7) is 2.62. The van der Waals surface area contributed by atoms with E-state index in [0.29, 0.717) is 11.0 Å². The summed E-state index contributed by atoms with van der Waals surface area (Å²) in [4.78, 5) is 4.03. The lowest BCUT2D eigenvalue weighted by Crippen LogP contribution is -2.27. The molecule has 0 unspecified atom stereocenters. The van der Waals surface area contributed by atoms with E-state index < -0.39 is 6.92 Å². The van der Waals surface area contributed by atoms with Crippen molar-refractivity contribution in [1.29, 1.82) is 0 Å². The molecule has 2 N–H and O–H groups in total. The van der Waals surface area contributed by atoms with Crippen LogP contribution < -0.4 is 5.46 Å². The van der Waals surface area contributed by atoms with E-state index >= 15 is 0 Å². The molecule has 0 radical (unpaired) electrons. The first-order chi connectivity index (χ1) is 10.6. The monoisotopic (exact) mass is 295 g/mol. The highest BCUT2D eigenvalue weighted by molar-refractivity contribution is 6.70. The van der Waals surface area contributed by atoms with E-state index in [1.54, 1.807) is 30.5 Å². The Balaban J connectivity index is 0.000000160. The van der Waals surface area contributed by atoms with E-state index in [-0.39, 0.29) is 11.6 Å². The third-order valence-corrected chi connectivity index (χ3v) is 3.02. The minimum absolute atomic E-state index is 0.239. The summed E-state index contributed by atoms with van der Waals surface area (Å²) < 4.78 is 12.5. The van der Waals surface area contributed by atoms with Gasteiger partial charge in [-0.25, -0.2) is 4.39 Å². The molecule has 0 saturated heterocycles. The van der Waals surface area contributed by atoms with Gasteiger partial charge in [-0.05, 0) is 29.7 Å². The van der Waals surface area contributed by atoms with Crippen LogP contribution in [0.3, 0.4) is 0 Å². The smallest absolute Gasteiger partial charge is 0.350 e. The maximum absolute atomic E-state index is 12.5. The topological polar surface area (TPSA) is 53.4 Å². The van der Waals surface area contributed by atoms with Crippen LogP contribution in [0.15, 0.2) is 73.3 Å². The van der Waals surface area contributed by atoms with Gasteiger partial charge in [0, 0.05) is 11.6 Å². The molecule has 3 rings (SSSR count). The Kier molecular flexibility index (Phi) is 5.28. The molecule has 0 atom stereocenters. The zero-order valence-corrected chi connectivity index (χ0v) is 11.9. The predicted molar refractivity (Wildman–Crippen MR) is 87.6 cm³/mol. The number of pyridine rings is 1. The van der Waals surface area contributed by atoms with Gasteiger partial charge in [0.15, 0.2) is 0 Å². The first-order valence-corrected chi connectivity index (χ1v) is 6.70. The quantitative estimate of drug-likeness (QED) is 0.715. The Morgan fingerprint density at radius 1 is 1.09 bits per heavy atom. The number of nitrogens with zero attached hydrogens (tertiary/aromatic N) is 1. The summed E-state index contributed by atoms with van der Waals surface area (Å²) in [7, 11) is 0. The summed E-state index contributed by atoms with van der Waals surface area (Å²) in [5, 5.41) is 19.4. The molecule has 0 spiro atoms. The summed E-state index contributed by atoms with van der Waals surface area (Å²) >= 11 is 0. The first kappa shape index (κ1) is 15.7. The van der Waals surface area contributed by atoms with Crippen LogP contribution in [0.2, 0.25) is 0 Å². The van der Waals surface area contributed by atoms with Crippen molar-refractivity contribution in [2.24, 2.45) is 0 Å². The van der Waals surface area contributed by atoms with Gasteiger partial charge < -0.3 is 10.1 Å². The molecular formula is C17H15BFNO2. The van der Waals surface area contributed by atoms with E-state index in [0.717, 1.165) is 5.39 Å². The fourth-order valence-corrected chi connectivity index (χ4v) is 1.91. The average molecular weight is 295 g/mol. The maximum Gasteiger partial charge on any atom is 0.350 e. The Bertz CT molecular complexity index is 774. The maximum atomic E-state index is 12.5. The van der Waals surface area contributed by atoms with Gasteiger partial charge in [-0.15, -0.1) is 6.58 Å². The van der Waals surface area contributed by atoms with Crippen molar-refractivity contribution in [3.05, 3.63) is 79.2 Å². The molecule has 0 saturated carbocycles. The lowest BCUT2D eigenvalue weighted by Gasteiger charge is -1.99. The Labute approximate surface area is 128 Å². The molecule has 3 nitrogen and oxygen atoms in total. The number of benzene rings is 2. The fourth-order valence-electron chi connectivity index (χ4n) is 1.91. The van der Waals surface area contributed by atoms with Crippen LogP contribution in [0.4, 0.5) is 4.39 Å². The number of aromatic nitrogens is 1. The molecule has 22 heavy (non-hydrogen) atoms. The van der Waals surface area contributed by atoms with Gasteiger partial charge in [0.1, 0.15) is 17.1 Å². The molecule has 2 aromatic carbocycles. The normalized spacial score (nSPS) is 9.73. The molecule has 1 aromatic heterocycles. The number of rotatable bonds is 2. The number of para-hydroxylation sites is 1. The Morgan fingerprint density at radius 3 is 2.50 bits per heavy atom. The first-order valence-electron chi connectivity index (χ1n) is 6.70. The third-order valence-electron chi connectivity index (χ3n) is 3.02. The molecule has 0 bridgehead atoms. The minimum Gasteiger partial charge on any atom is -0.506 e. The van der Waals surface area contributed by atoms with E-state index in [1.807, 2.05) is 18.2 Å². The minimum atomic E-state index is -0.773. The number of halogens is 1. The number of fused-ring (bicyclic) bond motifs is 1. The molecule has 0 aliphatic carbocycles. The zero-order valence-electron chi connectivity index (χ0n) is 11.9. The lowest BCUT2D eigenvalue weighted by molar-refractivity contribution is 0.480. The van der Waals surface area contributed by atoms with Gasteiger partial charge in [0.25, 0.3) is 0 Å². The van der Waals surface area contributed by atoms with Gasteiger partial charge in [-0.1, -0.05) is 36.3 Å². The molecule has 0 fully saturated rings. The highest BCUT2D eigenvalue weighted by atomic mass is 19.1. The molecule has 110 valence electrons. The van der Waals surface area contributed by atoms with Crippen LogP contribution in [-0.4, -0.2) is 22.0 Å². The largest absolute Gasteiger partial charge is 0.506 e. The number of phenols is 1. The van der Waals surface area contributed by atoms with Crippen LogP contribution in [0.25, 0.3) is 10.9 Å². The van der Waals surface area contributed by atoms with E-state index in [2.05, 4.69) is 11.6 Å². The van der Waals surface area contributed by atoms with E-state index in [1.165, 1.54) is 18.1 Å². The highest BCUT2D eigenvalue weighted by Crippen LogP contribution is 2.20. The molecule has 1 heterocycles. The number of hydrogen-bond donors (Lipinski definition) is 2. The van der Waals surface area contributed by atoms with Gasteiger partial charge in [0.05, 0.1) is 0 Å². The lowest BCUT2D eigenvalue weighted by atomic mass is 9.62. The average Bonchev–Trinajstić information content (AvgIpc) is 2.55. The summed E-state index contributed by atoms with van der Waals surface area (Å²) in [6, 6.07) is 14.9. The highest BCUT2D eigenvalue weighted by Gasteiger charge is 2.08. The number of hydrogen-bond acceptors (Lipinski definition) is 3. The Hall–Kier alpha value is -2.66. The Morgan fingerprint density at radius 2 is 1.82 bits per heavy atom. The molecule has 5 heteroatoms. The van der Waals surface area contributed by atoms with Gasteiger partial charge in [-0.3, -0.25) is 4.98 Å². The molecular weight excluding hydrogens is 280 g/mol. The second kappa shape index (κ2) is 7.38. The van der Waals surface area contributed by atoms with Crippen molar-refractivity contribution >= 4 is 23.3 Å². The van der Waals surface area contributed by atoms with Crippen molar-refractivity contribution in [3.8, 4) is 5.75 Å².